The Labute approximate surface area is 498 Å². The highest BCUT2D eigenvalue weighted by Crippen LogP contribution is 2.53. The number of unbranched alkanes of at least 4 members (excludes halogenated alkanes) is 2. The van der Waals surface area contributed by atoms with Gasteiger partial charge in [0.2, 0.25) is 0 Å². The molecule has 4 aliphatic carbocycles. The second-order valence-electron chi connectivity index (χ2n) is 21.2. The number of benzene rings is 1. The molecule has 4 fully saturated rings. The van der Waals surface area contributed by atoms with Crippen molar-refractivity contribution in [2.75, 3.05) is 58.2 Å². The van der Waals surface area contributed by atoms with E-state index in [1.165, 1.54) is 12.1 Å². The standard InChI is InChI=1S/C61H76N2O21S/c1-5-48(64)75-30-8-10-32-78-55(67)38-12-16-40(17-13-38)57(69)81-44-24-20-42(21-25-44)59(71)83-46-28-29-47(53-51(46)63-54(85-53)52(62-4)61(73)80-37-35-74-34-36-77-50(66)7-3)84-60(72)43-22-26-45(27-23-43)82-58(70)41-18-14-39(15-19-41)56(68)79-33-11-9-31-76-49(65)6-2/h5-7,28-29,38-45,63H,1-3,8-27,30-37H2/b54-52-. The van der Waals surface area contributed by atoms with Crippen molar-refractivity contribution < 1.29 is 100 Å². The molecule has 0 unspecified atom stereocenters. The maximum Gasteiger partial charge on any atom is 0.339 e. The van der Waals surface area contributed by atoms with E-state index < -0.39 is 65.6 Å². The van der Waals surface area contributed by atoms with Gasteiger partial charge in [-0.1, -0.05) is 31.5 Å². The molecule has 4 saturated carbocycles. The van der Waals surface area contributed by atoms with E-state index in [1.807, 2.05) is 0 Å². The predicted octanol–water partition coefficient (Wildman–Crippen LogP) is 8.31. The van der Waals surface area contributed by atoms with Crippen molar-refractivity contribution in [3.63, 3.8) is 0 Å². The first-order valence-corrected chi connectivity index (χ1v) is 30.0. The van der Waals surface area contributed by atoms with E-state index in [0.717, 1.165) is 30.0 Å². The quantitative estimate of drug-likeness (QED) is 0.0189. The molecule has 1 N–H and O–H groups in total. The first kappa shape index (κ1) is 66.6. The summed E-state index contributed by atoms with van der Waals surface area (Å²) < 4.78 is 60.0. The van der Waals surface area contributed by atoms with E-state index in [-0.39, 0.29) is 128 Å². The number of anilines is 1. The Balaban J connectivity index is 0.986. The molecule has 6 rings (SSSR count). The smallest absolute Gasteiger partial charge is 0.339 e. The largest absolute Gasteiger partial charge is 0.468 e. The minimum absolute atomic E-state index is 0.0205. The minimum Gasteiger partial charge on any atom is -0.468 e. The van der Waals surface area contributed by atoms with Crippen LogP contribution in [0.5, 0.6) is 11.5 Å². The number of rotatable bonds is 30. The Bertz CT molecular complexity index is 2510. The molecule has 0 saturated heterocycles. The lowest BCUT2D eigenvalue weighted by Gasteiger charge is -2.30. The SMILES string of the molecule is [C-]#[N+]/C(C(=O)OCCOCCOC(=O)C=C)=C1/Nc2c(OC(=O)C3CCC(OC(=O)C4CCC(C(=O)OCCCCOC(=O)C=C)CC4)CC3)ccc(OC(=O)C3CCC(OC(=O)C4CCC(C(=O)OCCCCOC(=O)C=C)CC4)CC3)c2S1. The summed E-state index contributed by atoms with van der Waals surface area (Å²) in [5.41, 5.74) is -0.271. The number of hydrogen-bond acceptors (Lipinski definition) is 23. The third kappa shape index (κ3) is 21.2. The van der Waals surface area contributed by atoms with Gasteiger partial charge in [-0.2, -0.15) is 0 Å². The number of hydrogen-bond donors (Lipinski definition) is 1. The zero-order valence-electron chi connectivity index (χ0n) is 47.9. The normalized spacial score (nSPS) is 23.0. The molecule has 23 nitrogen and oxygen atoms in total. The molecule has 24 heteroatoms. The molecule has 0 spiro atoms. The zero-order valence-corrected chi connectivity index (χ0v) is 48.7. The van der Waals surface area contributed by atoms with Crippen LogP contribution in [0.3, 0.4) is 0 Å². The molecule has 1 heterocycles. The van der Waals surface area contributed by atoms with Crippen molar-refractivity contribution >= 4 is 77.1 Å². The Morgan fingerprint density at radius 3 is 1.24 bits per heavy atom. The molecule has 1 aromatic rings. The molecule has 0 aromatic heterocycles. The van der Waals surface area contributed by atoms with Gasteiger partial charge in [-0.05, 0) is 141 Å². The Hall–Kier alpha value is -7.52. The van der Waals surface area contributed by atoms with E-state index >= 15 is 0 Å². The summed E-state index contributed by atoms with van der Waals surface area (Å²) in [5.74, 6) is -7.42. The van der Waals surface area contributed by atoms with Gasteiger partial charge in [0, 0.05) is 18.2 Å². The fraction of sp³-hybridized carbons (Fsp3) is 0.590. The van der Waals surface area contributed by atoms with Crippen LogP contribution < -0.4 is 14.8 Å². The van der Waals surface area contributed by atoms with Crippen molar-refractivity contribution in [2.45, 2.75) is 146 Å². The summed E-state index contributed by atoms with van der Waals surface area (Å²) in [5, 5.41) is 3.05. The zero-order chi connectivity index (χ0) is 61.1. The maximum absolute atomic E-state index is 13.8. The number of carbonyl (C=O) groups excluding carboxylic acids is 10. The predicted molar refractivity (Wildman–Crippen MR) is 301 cm³/mol. The van der Waals surface area contributed by atoms with Gasteiger partial charge in [0.05, 0.1) is 97.3 Å². The van der Waals surface area contributed by atoms with Crippen LogP contribution in [0.25, 0.3) is 4.85 Å². The number of thioether (sulfide) groups is 1. The van der Waals surface area contributed by atoms with Crippen LogP contribution in [0.1, 0.15) is 128 Å². The van der Waals surface area contributed by atoms with Gasteiger partial charge in [0.15, 0.2) is 5.75 Å². The van der Waals surface area contributed by atoms with Gasteiger partial charge in [0.25, 0.3) is 5.70 Å². The number of ether oxygens (including phenoxy) is 11. The minimum atomic E-state index is -0.989. The summed E-state index contributed by atoms with van der Waals surface area (Å²) in [6.45, 7) is 18.4. The highest BCUT2D eigenvalue weighted by molar-refractivity contribution is 8.03. The van der Waals surface area contributed by atoms with Gasteiger partial charge < -0.3 is 57.4 Å². The van der Waals surface area contributed by atoms with Gasteiger partial charge in [0.1, 0.15) is 31.2 Å². The third-order valence-corrected chi connectivity index (χ3v) is 16.4. The van der Waals surface area contributed by atoms with Crippen LogP contribution in [0, 0.1) is 42.1 Å². The summed E-state index contributed by atoms with van der Waals surface area (Å²) in [6.07, 6.45) is 11.5. The van der Waals surface area contributed by atoms with Crippen LogP contribution in [-0.4, -0.2) is 125 Å². The van der Waals surface area contributed by atoms with E-state index in [9.17, 15) is 47.9 Å². The Morgan fingerprint density at radius 2 is 0.812 bits per heavy atom. The highest BCUT2D eigenvalue weighted by Gasteiger charge is 2.39. The lowest BCUT2D eigenvalue weighted by atomic mass is 9.82. The summed E-state index contributed by atoms with van der Waals surface area (Å²) in [7, 11) is 0. The summed E-state index contributed by atoms with van der Waals surface area (Å²) in [4.78, 5) is 130. The van der Waals surface area contributed by atoms with E-state index in [4.69, 9.17) is 58.7 Å². The van der Waals surface area contributed by atoms with Gasteiger partial charge in [-0.25, -0.2) is 19.2 Å². The highest BCUT2D eigenvalue weighted by atomic mass is 32.2. The van der Waals surface area contributed by atoms with Crippen molar-refractivity contribution in [2.24, 2.45) is 35.5 Å². The van der Waals surface area contributed by atoms with Crippen LogP contribution in [0.4, 0.5) is 5.69 Å². The Morgan fingerprint density at radius 1 is 0.459 bits per heavy atom. The number of nitrogens with one attached hydrogen (secondary N) is 1. The van der Waals surface area contributed by atoms with Gasteiger partial charge in [-0.3, -0.25) is 33.6 Å². The van der Waals surface area contributed by atoms with Gasteiger partial charge in [-0.15, -0.1) is 0 Å². The third-order valence-electron chi connectivity index (χ3n) is 15.3. The lowest BCUT2D eigenvalue weighted by molar-refractivity contribution is -0.161. The fourth-order valence-electron chi connectivity index (χ4n) is 10.4. The molecule has 0 amide bonds. The molecule has 0 radical (unpaired) electrons. The number of fused-ring (bicyclic) bond motifs is 1. The van der Waals surface area contributed by atoms with E-state index in [0.29, 0.717) is 128 Å². The van der Waals surface area contributed by atoms with E-state index in [2.05, 4.69) is 29.9 Å². The first-order chi connectivity index (χ1) is 41.1. The van der Waals surface area contributed by atoms with Crippen molar-refractivity contribution in [3.05, 3.63) is 72.2 Å². The maximum atomic E-state index is 13.8. The van der Waals surface area contributed by atoms with E-state index in [1.54, 1.807) is 0 Å². The first-order valence-electron chi connectivity index (χ1n) is 29.1. The molecular weight excluding hydrogens is 1130 g/mol. The molecule has 462 valence electrons. The molecule has 1 aliphatic heterocycles. The monoisotopic (exact) mass is 1200 g/mol. The average molecular weight is 1210 g/mol. The molecule has 5 aliphatic rings. The number of nitrogens with zero attached hydrogens (tertiary/aromatic N) is 1. The van der Waals surface area contributed by atoms with Crippen molar-refractivity contribution in [1.82, 2.24) is 0 Å². The molecular formula is C61H76N2O21S. The van der Waals surface area contributed by atoms with Crippen LogP contribution in [0.2, 0.25) is 0 Å². The second kappa shape index (κ2) is 35.1. The lowest BCUT2D eigenvalue weighted by Crippen LogP contribution is -2.33. The van der Waals surface area contributed by atoms with Crippen LogP contribution in [0.15, 0.2) is 65.7 Å². The topological polar surface area (TPSA) is 289 Å². The molecule has 1 aromatic carbocycles. The van der Waals surface area contributed by atoms with Gasteiger partial charge >= 0.3 is 59.7 Å². The molecule has 0 bridgehead atoms. The molecule has 85 heavy (non-hydrogen) atoms. The summed E-state index contributed by atoms with van der Waals surface area (Å²) >= 11 is 0.912. The van der Waals surface area contributed by atoms with Crippen LogP contribution >= 0.6 is 11.8 Å². The van der Waals surface area contributed by atoms with Crippen molar-refractivity contribution in [3.8, 4) is 11.5 Å². The second-order valence-corrected chi connectivity index (χ2v) is 22.2. The van der Waals surface area contributed by atoms with Crippen molar-refractivity contribution in [1.29, 1.82) is 0 Å². The number of esters is 10. The average Bonchev–Trinajstić information content (AvgIpc) is 2.51. The fourth-order valence-corrected chi connectivity index (χ4v) is 11.5. The Kier molecular flexibility index (Phi) is 27.5. The molecule has 0 atom stereocenters. The van der Waals surface area contributed by atoms with Crippen LogP contribution in [-0.2, 0) is 90.6 Å². The summed E-state index contributed by atoms with van der Waals surface area (Å²) in [6, 6.07) is 2.91. The number of carbonyl (C=O) groups is 10.